The summed E-state index contributed by atoms with van der Waals surface area (Å²) in [6, 6.07) is 24.2. The van der Waals surface area contributed by atoms with Crippen molar-refractivity contribution in [1.82, 2.24) is 20.2 Å². The molecular weight excluding hydrogens is 436 g/mol. The maximum Gasteiger partial charge on any atom is 0.156 e. The van der Waals surface area contributed by atoms with E-state index < -0.39 is 5.60 Å². The molecule has 3 N–H and O–H groups in total. The van der Waals surface area contributed by atoms with Gasteiger partial charge in [-0.25, -0.2) is 9.97 Å². The number of hydrogen-bond acceptors (Lipinski definition) is 6. The van der Waals surface area contributed by atoms with Crippen molar-refractivity contribution < 1.29 is 5.11 Å². The molecule has 178 valence electrons. The number of aliphatic hydroxyl groups is 1. The minimum Gasteiger partial charge on any atom is -0.389 e. The van der Waals surface area contributed by atoms with Crippen LogP contribution in [0.5, 0.6) is 0 Å². The molecule has 1 aliphatic heterocycles. The Balaban J connectivity index is 1.36. The number of rotatable bonds is 7. The third-order valence-electron chi connectivity index (χ3n) is 6.31. The molecule has 3 heterocycles. The maximum absolute atomic E-state index is 11.2. The maximum atomic E-state index is 11.2. The highest BCUT2D eigenvalue weighted by molar-refractivity contribution is 5.69. The Bertz CT molecular complexity index is 1280. The van der Waals surface area contributed by atoms with Crippen LogP contribution in [0.4, 0.5) is 17.5 Å². The molecule has 0 aliphatic carbocycles. The first-order valence-corrected chi connectivity index (χ1v) is 12.0. The molecule has 7 heteroatoms. The molecule has 0 amide bonds. The van der Waals surface area contributed by atoms with Crippen molar-refractivity contribution in [2.24, 2.45) is 0 Å². The Kier molecular flexibility index (Phi) is 6.59. The largest absolute Gasteiger partial charge is 0.389 e. The molecular formula is C28H30N6O. The zero-order valence-electron chi connectivity index (χ0n) is 19.9. The summed E-state index contributed by atoms with van der Waals surface area (Å²) in [6.45, 7) is 3.41. The summed E-state index contributed by atoms with van der Waals surface area (Å²) in [5.41, 5.74) is 2.52. The van der Waals surface area contributed by atoms with Gasteiger partial charge in [0.05, 0.1) is 5.60 Å². The van der Waals surface area contributed by atoms with E-state index in [4.69, 9.17) is 9.97 Å². The standard InChI is InChI=1S/C28H30N6O/c1-21-18-26(33-32-21)30-25-19-27(31-24(29-25)13-12-22-8-4-2-5-9-22)34-16-14-28(35,15-17-34)20-23-10-6-3-7-11-23/h2-13,18-19,35H,14-17,20H2,1H3,(H2,29,30,31,32,33)/b13-12+. The average Bonchev–Trinajstić information content (AvgIpc) is 3.28. The predicted octanol–water partition coefficient (Wildman–Crippen LogP) is 5.00. The number of aromatic nitrogens is 4. The summed E-state index contributed by atoms with van der Waals surface area (Å²) in [5, 5.41) is 21.7. The van der Waals surface area contributed by atoms with Crippen LogP contribution in [0.25, 0.3) is 12.2 Å². The smallest absolute Gasteiger partial charge is 0.156 e. The van der Waals surface area contributed by atoms with Gasteiger partial charge in [-0.05, 0) is 37.0 Å². The second kappa shape index (κ2) is 10.1. The summed E-state index contributed by atoms with van der Waals surface area (Å²) >= 11 is 0. The molecule has 1 fully saturated rings. The van der Waals surface area contributed by atoms with Crippen molar-refractivity contribution >= 4 is 29.6 Å². The van der Waals surface area contributed by atoms with Gasteiger partial charge in [-0.3, -0.25) is 5.10 Å². The SMILES string of the molecule is Cc1cc(Nc2cc(N3CCC(O)(Cc4ccccc4)CC3)nc(/C=C/c3ccccc3)n2)n[nH]1. The van der Waals surface area contributed by atoms with Crippen LogP contribution in [-0.4, -0.2) is 44.0 Å². The van der Waals surface area contributed by atoms with Gasteiger partial charge in [0, 0.05) is 37.3 Å². The van der Waals surface area contributed by atoms with Gasteiger partial charge in [0.15, 0.2) is 11.6 Å². The van der Waals surface area contributed by atoms with Gasteiger partial charge < -0.3 is 15.3 Å². The van der Waals surface area contributed by atoms with Crippen LogP contribution in [0.2, 0.25) is 0 Å². The van der Waals surface area contributed by atoms with E-state index in [2.05, 4.69) is 32.5 Å². The van der Waals surface area contributed by atoms with Gasteiger partial charge in [-0.2, -0.15) is 5.10 Å². The molecule has 2 aromatic heterocycles. The Morgan fingerprint density at radius 1 is 0.943 bits per heavy atom. The normalized spacial score (nSPS) is 15.4. The van der Waals surface area contributed by atoms with Crippen LogP contribution in [0.15, 0.2) is 72.8 Å². The number of hydrogen-bond donors (Lipinski definition) is 3. The van der Waals surface area contributed by atoms with Gasteiger partial charge in [-0.15, -0.1) is 0 Å². The number of benzene rings is 2. The number of nitrogens with one attached hydrogen (secondary N) is 2. The number of aromatic amines is 1. The van der Waals surface area contributed by atoms with Crippen molar-refractivity contribution in [2.45, 2.75) is 31.8 Å². The summed E-state index contributed by atoms with van der Waals surface area (Å²) in [4.78, 5) is 11.7. The molecule has 35 heavy (non-hydrogen) atoms. The van der Waals surface area contributed by atoms with Crippen LogP contribution in [-0.2, 0) is 6.42 Å². The predicted molar refractivity (Wildman–Crippen MR) is 141 cm³/mol. The Labute approximate surface area is 205 Å². The fourth-order valence-electron chi connectivity index (χ4n) is 4.41. The lowest BCUT2D eigenvalue weighted by atomic mass is 9.85. The number of nitrogens with zero attached hydrogens (tertiary/aromatic N) is 4. The fraction of sp³-hybridized carbons (Fsp3) is 0.250. The first kappa shape index (κ1) is 22.8. The first-order chi connectivity index (χ1) is 17.0. The highest BCUT2D eigenvalue weighted by atomic mass is 16.3. The van der Waals surface area contributed by atoms with Crippen LogP contribution in [0.3, 0.4) is 0 Å². The van der Waals surface area contributed by atoms with Gasteiger partial charge in [-0.1, -0.05) is 66.7 Å². The van der Waals surface area contributed by atoms with E-state index in [0.29, 0.717) is 36.7 Å². The Hall–Kier alpha value is -3.97. The summed E-state index contributed by atoms with van der Waals surface area (Å²) in [7, 11) is 0. The van der Waals surface area contributed by atoms with E-state index in [1.807, 2.05) is 79.7 Å². The van der Waals surface area contributed by atoms with Crippen LogP contribution >= 0.6 is 0 Å². The topological polar surface area (TPSA) is 90.0 Å². The summed E-state index contributed by atoms with van der Waals surface area (Å²) in [5.74, 6) is 2.84. The lowest BCUT2D eigenvalue weighted by Crippen LogP contribution is -2.46. The van der Waals surface area contributed by atoms with Gasteiger partial charge in [0.1, 0.15) is 11.6 Å². The Morgan fingerprint density at radius 2 is 1.66 bits per heavy atom. The molecule has 5 rings (SSSR count). The first-order valence-electron chi connectivity index (χ1n) is 12.0. The molecule has 7 nitrogen and oxygen atoms in total. The third kappa shape index (κ3) is 5.94. The van der Waals surface area contributed by atoms with E-state index in [1.165, 1.54) is 5.56 Å². The van der Waals surface area contributed by atoms with Gasteiger partial charge >= 0.3 is 0 Å². The highest BCUT2D eigenvalue weighted by Gasteiger charge is 2.33. The van der Waals surface area contributed by atoms with E-state index >= 15 is 0 Å². The van der Waals surface area contributed by atoms with Crippen molar-refractivity contribution in [3.05, 3.63) is 95.4 Å². The minimum atomic E-state index is -0.700. The summed E-state index contributed by atoms with van der Waals surface area (Å²) in [6.07, 6.45) is 5.97. The van der Waals surface area contributed by atoms with Crippen LogP contribution in [0.1, 0.15) is 35.5 Å². The van der Waals surface area contributed by atoms with E-state index in [0.717, 1.165) is 30.2 Å². The molecule has 2 aromatic carbocycles. The lowest BCUT2D eigenvalue weighted by molar-refractivity contribution is 0.0164. The van der Waals surface area contributed by atoms with E-state index in [9.17, 15) is 5.11 Å². The second-order valence-electron chi connectivity index (χ2n) is 9.15. The van der Waals surface area contributed by atoms with Crippen molar-refractivity contribution in [2.75, 3.05) is 23.3 Å². The second-order valence-corrected chi connectivity index (χ2v) is 9.15. The van der Waals surface area contributed by atoms with Crippen molar-refractivity contribution in [3.8, 4) is 0 Å². The molecule has 0 radical (unpaired) electrons. The molecule has 0 bridgehead atoms. The number of piperidine rings is 1. The molecule has 0 atom stereocenters. The summed E-state index contributed by atoms with van der Waals surface area (Å²) < 4.78 is 0. The molecule has 0 unspecified atom stereocenters. The molecule has 0 saturated carbocycles. The minimum absolute atomic E-state index is 0.617. The van der Waals surface area contributed by atoms with Crippen molar-refractivity contribution in [1.29, 1.82) is 0 Å². The Morgan fingerprint density at radius 3 is 2.34 bits per heavy atom. The molecule has 0 spiro atoms. The number of anilines is 3. The molecule has 1 aliphatic rings. The van der Waals surface area contributed by atoms with E-state index in [-0.39, 0.29) is 0 Å². The molecule has 4 aromatic rings. The van der Waals surface area contributed by atoms with Gasteiger partial charge in [0.2, 0.25) is 0 Å². The highest BCUT2D eigenvalue weighted by Crippen LogP contribution is 2.30. The third-order valence-corrected chi connectivity index (χ3v) is 6.31. The van der Waals surface area contributed by atoms with Crippen molar-refractivity contribution in [3.63, 3.8) is 0 Å². The van der Waals surface area contributed by atoms with Crippen LogP contribution in [0, 0.1) is 6.92 Å². The zero-order valence-corrected chi connectivity index (χ0v) is 19.9. The number of aryl methyl sites for hydroxylation is 1. The lowest BCUT2D eigenvalue weighted by Gasteiger charge is -2.39. The zero-order chi connectivity index (χ0) is 24.1. The molecule has 1 saturated heterocycles. The average molecular weight is 467 g/mol. The monoisotopic (exact) mass is 466 g/mol. The van der Waals surface area contributed by atoms with Crippen LogP contribution < -0.4 is 10.2 Å². The van der Waals surface area contributed by atoms with Gasteiger partial charge in [0.25, 0.3) is 0 Å². The number of H-pyrrole nitrogens is 1. The quantitative estimate of drug-likeness (QED) is 0.355. The van der Waals surface area contributed by atoms with E-state index in [1.54, 1.807) is 0 Å². The fourth-order valence-corrected chi connectivity index (χ4v) is 4.41.